The maximum Gasteiger partial charge on any atom is 0.331 e. The van der Waals surface area contributed by atoms with Gasteiger partial charge in [0.2, 0.25) is 0 Å². The Morgan fingerprint density at radius 3 is 1.65 bits per heavy atom. The van der Waals surface area contributed by atoms with Crippen molar-refractivity contribution in [2.75, 3.05) is 0 Å². The number of hydrogen-bond acceptors (Lipinski definition) is 4. The van der Waals surface area contributed by atoms with E-state index in [1.54, 1.807) is 24.3 Å². The SMILES string of the molecule is CCCCCCCCCCCCCCCC(=O)C(N)(Cc1ccc(OC(C)(C)C)cc1)C(=O)O. The molecule has 1 aromatic rings. The van der Waals surface area contributed by atoms with E-state index in [0.717, 1.165) is 12.8 Å². The summed E-state index contributed by atoms with van der Waals surface area (Å²) < 4.78 is 5.80. The fraction of sp³-hybridized carbons (Fsp3) is 0.724. The van der Waals surface area contributed by atoms with Gasteiger partial charge in [-0.2, -0.15) is 0 Å². The van der Waals surface area contributed by atoms with Crippen molar-refractivity contribution in [1.82, 2.24) is 0 Å². The fourth-order valence-corrected chi connectivity index (χ4v) is 4.17. The zero-order valence-corrected chi connectivity index (χ0v) is 22.2. The first-order valence-corrected chi connectivity index (χ1v) is 13.4. The first-order chi connectivity index (χ1) is 16.1. The zero-order valence-electron chi connectivity index (χ0n) is 22.2. The molecule has 1 unspecified atom stereocenters. The minimum Gasteiger partial charge on any atom is -0.488 e. The molecule has 1 atom stereocenters. The molecule has 0 heterocycles. The molecular formula is C29H49NO4. The Labute approximate surface area is 207 Å². The first-order valence-electron chi connectivity index (χ1n) is 13.4. The van der Waals surface area contributed by atoms with Crippen molar-refractivity contribution in [1.29, 1.82) is 0 Å². The summed E-state index contributed by atoms with van der Waals surface area (Å²) >= 11 is 0. The summed E-state index contributed by atoms with van der Waals surface area (Å²) in [6, 6.07) is 7.15. The molecule has 194 valence electrons. The fourth-order valence-electron chi connectivity index (χ4n) is 4.17. The highest BCUT2D eigenvalue weighted by atomic mass is 16.5. The molecule has 1 rings (SSSR count). The van der Waals surface area contributed by atoms with Crippen LogP contribution in [0, 0.1) is 0 Å². The first kappa shape index (κ1) is 30.2. The third kappa shape index (κ3) is 12.5. The number of carboxylic acid groups (broad SMARTS) is 1. The van der Waals surface area contributed by atoms with Crippen LogP contribution in [-0.4, -0.2) is 28.0 Å². The predicted octanol–water partition coefficient (Wildman–Crippen LogP) is 7.24. The zero-order chi connectivity index (χ0) is 25.5. The van der Waals surface area contributed by atoms with Crippen molar-refractivity contribution in [3.63, 3.8) is 0 Å². The highest BCUT2D eigenvalue weighted by Crippen LogP contribution is 2.22. The average molecular weight is 476 g/mol. The van der Waals surface area contributed by atoms with Crippen molar-refractivity contribution in [3.05, 3.63) is 29.8 Å². The van der Waals surface area contributed by atoms with Gasteiger partial charge >= 0.3 is 5.97 Å². The Balaban J connectivity index is 2.31. The van der Waals surface area contributed by atoms with E-state index in [2.05, 4.69) is 6.92 Å². The van der Waals surface area contributed by atoms with E-state index >= 15 is 0 Å². The number of ether oxygens (including phenoxy) is 1. The number of carbonyl (C=O) groups excluding carboxylic acids is 1. The lowest BCUT2D eigenvalue weighted by Gasteiger charge is -2.24. The summed E-state index contributed by atoms with van der Waals surface area (Å²) in [5.74, 6) is -0.951. The average Bonchev–Trinajstić information content (AvgIpc) is 2.77. The molecule has 0 aliphatic rings. The number of carboxylic acids is 1. The van der Waals surface area contributed by atoms with E-state index < -0.39 is 17.3 Å². The number of rotatable bonds is 19. The lowest BCUT2D eigenvalue weighted by molar-refractivity contribution is -0.148. The molecule has 34 heavy (non-hydrogen) atoms. The van der Waals surface area contributed by atoms with Crippen LogP contribution in [0.25, 0.3) is 0 Å². The lowest BCUT2D eigenvalue weighted by atomic mass is 9.85. The summed E-state index contributed by atoms with van der Waals surface area (Å²) in [4.78, 5) is 24.6. The van der Waals surface area contributed by atoms with Gasteiger partial charge in [-0.3, -0.25) is 4.79 Å². The van der Waals surface area contributed by atoms with Crippen molar-refractivity contribution < 1.29 is 19.4 Å². The Bertz CT molecular complexity index is 708. The second-order valence-electron chi connectivity index (χ2n) is 10.7. The molecule has 0 amide bonds. The smallest absolute Gasteiger partial charge is 0.331 e. The summed E-state index contributed by atoms with van der Waals surface area (Å²) in [6.45, 7) is 8.14. The van der Waals surface area contributed by atoms with Crippen LogP contribution in [-0.2, 0) is 16.0 Å². The molecule has 1 aromatic carbocycles. The van der Waals surface area contributed by atoms with E-state index in [0.29, 0.717) is 17.7 Å². The van der Waals surface area contributed by atoms with Gasteiger partial charge in [0, 0.05) is 12.8 Å². The minimum atomic E-state index is -1.89. The van der Waals surface area contributed by atoms with E-state index in [1.165, 1.54) is 64.2 Å². The molecular weight excluding hydrogens is 426 g/mol. The maximum absolute atomic E-state index is 12.7. The molecule has 0 aliphatic carbocycles. The van der Waals surface area contributed by atoms with Gasteiger partial charge in [-0.25, -0.2) is 4.79 Å². The number of hydrogen-bond donors (Lipinski definition) is 2. The molecule has 0 saturated heterocycles. The topological polar surface area (TPSA) is 89.6 Å². The number of ketones is 1. The Kier molecular flexibility index (Phi) is 14.1. The van der Waals surface area contributed by atoms with Crippen molar-refractivity contribution in [2.45, 2.75) is 135 Å². The van der Waals surface area contributed by atoms with Gasteiger partial charge < -0.3 is 15.6 Å². The molecule has 0 radical (unpaired) electrons. The van der Waals surface area contributed by atoms with Crippen LogP contribution in [0.1, 0.15) is 123 Å². The largest absolute Gasteiger partial charge is 0.488 e. The van der Waals surface area contributed by atoms with Gasteiger partial charge in [-0.1, -0.05) is 96.1 Å². The van der Waals surface area contributed by atoms with Crippen LogP contribution in [0.2, 0.25) is 0 Å². The number of benzene rings is 1. The second kappa shape index (κ2) is 15.9. The van der Waals surface area contributed by atoms with Crippen LogP contribution in [0.5, 0.6) is 5.75 Å². The molecule has 0 saturated carbocycles. The monoisotopic (exact) mass is 475 g/mol. The normalized spacial score (nSPS) is 13.4. The third-order valence-electron chi connectivity index (χ3n) is 6.22. The Morgan fingerprint density at radius 2 is 1.24 bits per heavy atom. The van der Waals surface area contributed by atoms with Crippen molar-refractivity contribution >= 4 is 11.8 Å². The summed E-state index contributed by atoms with van der Waals surface area (Å²) in [5.41, 5.74) is 4.64. The van der Waals surface area contributed by atoms with Gasteiger partial charge in [0.25, 0.3) is 0 Å². The summed E-state index contributed by atoms with van der Waals surface area (Å²) in [7, 11) is 0. The highest BCUT2D eigenvalue weighted by molar-refractivity contribution is 6.07. The number of aliphatic carboxylic acids is 1. The number of carbonyl (C=O) groups is 2. The number of unbranched alkanes of at least 4 members (excludes halogenated alkanes) is 12. The molecule has 5 nitrogen and oxygen atoms in total. The van der Waals surface area contributed by atoms with Gasteiger partial charge in [-0.15, -0.1) is 0 Å². The Morgan fingerprint density at radius 1 is 0.794 bits per heavy atom. The van der Waals surface area contributed by atoms with Crippen LogP contribution >= 0.6 is 0 Å². The van der Waals surface area contributed by atoms with Crippen LogP contribution < -0.4 is 10.5 Å². The molecule has 0 fully saturated rings. The highest BCUT2D eigenvalue weighted by Gasteiger charge is 2.41. The standard InChI is InChI=1S/C29H49NO4/c1-5-6-7-8-9-10-11-12-13-14-15-16-17-18-26(31)29(30,27(32)33)23-24-19-21-25(22-20-24)34-28(2,3)4/h19-22H,5-18,23,30H2,1-4H3,(H,32,33). The van der Waals surface area contributed by atoms with Crippen LogP contribution in [0.4, 0.5) is 0 Å². The van der Waals surface area contributed by atoms with Crippen LogP contribution in [0.15, 0.2) is 24.3 Å². The number of Topliss-reactive ketones (excluding diaryl/α,β-unsaturated/α-hetero) is 1. The molecule has 0 bridgehead atoms. The van der Waals surface area contributed by atoms with E-state index in [4.69, 9.17) is 10.5 Å². The second-order valence-corrected chi connectivity index (χ2v) is 10.7. The molecule has 0 aliphatic heterocycles. The predicted molar refractivity (Wildman–Crippen MR) is 140 cm³/mol. The minimum absolute atomic E-state index is 0.0184. The van der Waals surface area contributed by atoms with E-state index in [9.17, 15) is 14.7 Å². The molecule has 3 N–H and O–H groups in total. The maximum atomic E-state index is 12.7. The van der Waals surface area contributed by atoms with E-state index in [1.807, 2.05) is 20.8 Å². The third-order valence-corrected chi connectivity index (χ3v) is 6.22. The lowest BCUT2D eigenvalue weighted by Crippen LogP contribution is -2.56. The molecule has 0 aromatic heterocycles. The van der Waals surface area contributed by atoms with Gasteiger partial charge in [-0.05, 0) is 44.9 Å². The molecule has 0 spiro atoms. The Hall–Kier alpha value is -1.88. The molecule has 5 heteroatoms. The summed E-state index contributed by atoms with van der Waals surface area (Å²) in [5, 5.41) is 9.70. The number of nitrogens with two attached hydrogens (primary N) is 1. The van der Waals surface area contributed by atoms with Crippen molar-refractivity contribution in [3.8, 4) is 5.75 Å². The van der Waals surface area contributed by atoms with Gasteiger partial charge in [0.15, 0.2) is 11.3 Å². The van der Waals surface area contributed by atoms with Crippen molar-refractivity contribution in [2.24, 2.45) is 5.73 Å². The van der Waals surface area contributed by atoms with E-state index in [-0.39, 0.29) is 18.4 Å². The van der Waals surface area contributed by atoms with Gasteiger partial charge in [0.05, 0.1) is 0 Å². The summed E-state index contributed by atoms with van der Waals surface area (Å²) in [6.07, 6.45) is 16.1. The quantitative estimate of drug-likeness (QED) is 0.163. The van der Waals surface area contributed by atoms with Gasteiger partial charge in [0.1, 0.15) is 11.4 Å². The van der Waals surface area contributed by atoms with Crippen LogP contribution in [0.3, 0.4) is 0 Å².